The Morgan fingerprint density at radius 2 is 1.50 bits per heavy atom. The average Bonchev–Trinajstić information content (AvgIpc) is 2.00. The summed E-state index contributed by atoms with van der Waals surface area (Å²) >= 11 is 7.87. The second-order valence-corrected chi connectivity index (χ2v) is 2.15. The molecule has 0 amide bonds. The number of allylic oxidation sites excluding steroid dienone is 1. The van der Waals surface area contributed by atoms with E-state index in [1.165, 1.54) is 0 Å². The summed E-state index contributed by atoms with van der Waals surface area (Å²) in [5, 5.41) is 16.7. The minimum absolute atomic E-state index is 0.130. The summed E-state index contributed by atoms with van der Waals surface area (Å²) in [6, 6.07) is 3.55. The highest BCUT2D eigenvalue weighted by molar-refractivity contribution is 7.81. The van der Waals surface area contributed by atoms with Crippen molar-refractivity contribution in [3.63, 3.8) is 0 Å². The van der Waals surface area contributed by atoms with Crippen LogP contribution in [0, 0.1) is 22.7 Å². The van der Waals surface area contributed by atoms with E-state index >= 15 is 0 Å². The monoisotopic (exact) mass is 170 g/mol. The van der Waals surface area contributed by atoms with Crippen molar-refractivity contribution >= 4 is 25.3 Å². The molecule has 0 aromatic heterocycles. The summed E-state index contributed by atoms with van der Waals surface area (Å²) in [6.07, 6.45) is 0. The van der Waals surface area contributed by atoms with Gasteiger partial charge in [0, 0.05) is 11.5 Å². The predicted molar refractivity (Wildman–Crippen MR) is 46.0 cm³/mol. The molecule has 0 spiro atoms. The zero-order valence-electron chi connectivity index (χ0n) is 5.20. The Labute approximate surface area is 71.0 Å². The Balaban J connectivity index is 4.62. The largest absolute Gasteiger partial charge is 0.192 e. The number of nitrogens with zero attached hydrogens (tertiary/aromatic N) is 2. The van der Waals surface area contributed by atoms with Crippen molar-refractivity contribution in [1.29, 1.82) is 10.5 Å². The zero-order chi connectivity index (χ0) is 7.98. The maximum atomic E-state index is 8.36. The highest BCUT2D eigenvalue weighted by Crippen LogP contribution is 2.06. The van der Waals surface area contributed by atoms with Gasteiger partial charge >= 0.3 is 0 Å². The van der Waals surface area contributed by atoms with Crippen LogP contribution >= 0.6 is 25.3 Å². The van der Waals surface area contributed by atoms with Crippen LogP contribution in [0.25, 0.3) is 0 Å². The first-order chi connectivity index (χ1) is 4.79. The number of rotatable bonds is 2. The van der Waals surface area contributed by atoms with Gasteiger partial charge in [-0.3, -0.25) is 0 Å². The normalized spacial score (nSPS) is 7.60. The van der Waals surface area contributed by atoms with Gasteiger partial charge in [-0.1, -0.05) is 0 Å². The maximum Gasteiger partial charge on any atom is 0.130 e. The zero-order valence-corrected chi connectivity index (χ0v) is 6.99. The fourth-order valence-electron chi connectivity index (χ4n) is 0.391. The van der Waals surface area contributed by atoms with Crippen LogP contribution in [0.2, 0.25) is 0 Å². The molecule has 10 heavy (non-hydrogen) atoms. The molecule has 0 aliphatic heterocycles. The van der Waals surface area contributed by atoms with Crippen LogP contribution in [0.5, 0.6) is 0 Å². The van der Waals surface area contributed by atoms with Crippen molar-refractivity contribution in [3.8, 4) is 12.1 Å². The van der Waals surface area contributed by atoms with Crippen molar-refractivity contribution in [2.45, 2.75) is 0 Å². The Morgan fingerprint density at radius 1 is 1.10 bits per heavy atom. The van der Waals surface area contributed by atoms with Gasteiger partial charge in [-0.05, 0) is 5.57 Å². The van der Waals surface area contributed by atoms with Crippen molar-refractivity contribution in [1.82, 2.24) is 0 Å². The topological polar surface area (TPSA) is 47.6 Å². The van der Waals surface area contributed by atoms with E-state index in [1.54, 1.807) is 12.1 Å². The molecule has 0 N–H and O–H groups in total. The number of hydrogen-bond donors (Lipinski definition) is 2. The van der Waals surface area contributed by atoms with E-state index in [1.807, 2.05) is 0 Å². The van der Waals surface area contributed by atoms with Gasteiger partial charge in [0.15, 0.2) is 0 Å². The molecule has 0 fully saturated rings. The Kier molecular flexibility index (Phi) is 4.92. The summed E-state index contributed by atoms with van der Waals surface area (Å²) in [4.78, 5) is 0. The Bertz CT molecular complexity index is 197. The summed E-state index contributed by atoms with van der Waals surface area (Å²) in [5.41, 5.74) is 0.807. The summed E-state index contributed by atoms with van der Waals surface area (Å²) < 4.78 is 0. The summed E-state index contributed by atoms with van der Waals surface area (Å²) in [5.74, 6) is 0.833. The van der Waals surface area contributed by atoms with Crippen LogP contribution < -0.4 is 0 Å². The fraction of sp³-hybridized carbons (Fsp3) is 0.333. The maximum absolute atomic E-state index is 8.36. The molecular weight excluding hydrogens is 164 g/mol. The molecule has 0 aliphatic rings. The molecule has 0 aliphatic carbocycles. The predicted octanol–water partition coefficient (Wildman–Crippen LogP) is 1.19. The lowest BCUT2D eigenvalue weighted by Crippen LogP contribution is -1.91. The van der Waals surface area contributed by atoms with Gasteiger partial charge in [0.25, 0.3) is 0 Å². The van der Waals surface area contributed by atoms with E-state index in [4.69, 9.17) is 10.5 Å². The molecule has 0 aromatic rings. The van der Waals surface area contributed by atoms with Crippen LogP contribution in [-0.2, 0) is 0 Å². The highest BCUT2D eigenvalue weighted by Gasteiger charge is 2.00. The lowest BCUT2D eigenvalue weighted by atomic mass is 10.2. The van der Waals surface area contributed by atoms with E-state index in [9.17, 15) is 0 Å². The molecule has 0 radical (unpaired) electrons. The number of thiol groups is 2. The van der Waals surface area contributed by atoms with Gasteiger partial charge in [0.2, 0.25) is 0 Å². The molecule has 0 aromatic carbocycles. The van der Waals surface area contributed by atoms with E-state index in [-0.39, 0.29) is 5.57 Å². The van der Waals surface area contributed by atoms with Crippen molar-refractivity contribution < 1.29 is 0 Å². The quantitative estimate of drug-likeness (QED) is 0.483. The average molecular weight is 170 g/mol. The first kappa shape index (κ1) is 9.42. The fourth-order valence-corrected chi connectivity index (χ4v) is 1.11. The second-order valence-electron chi connectivity index (χ2n) is 1.52. The Morgan fingerprint density at radius 3 is 1.60 bits per heavy atom. The van der Waals surface area contributed by atoms with Crippen LogP contribution in [0.3, 0.4) is 0 Å². The minimum Gasteiger partial charge on any atom is -0.192 e. The van der Waals surface area contributed by atoms with E-state index in [0.717, 1.165) is 0 Å². The Hall–Kier alpha value is -0.580. The van der Waals surface area contributed by atoms with Gasteiger partial charge in [0.05, 0.1) is 0 Å². The standard InChI is InChI=1S/C6H6N2S2/c7-1-5(2-8)6(3-9)4-10/h9-10H,3-4H2. The third kappa shape index (κ3) is 2.34. The van der Waals surface area contributed by atoms with Crippen molar-refractivity contribution in [3.05, 3.63) is 11.1 Å². The lowest BCUT2D eigenvalue weighted by molar-refractivity contribution is 1.36. The molecule has 0 rings (SSSR count). The first-order valence-electron chi connectivity index (χ1n) is 2.54. The molecule has 0 saturated carbocycles. The smallest absolute Gasteiger partial charge is 0.130 e. The van der Waals surface area contributed by atoms with Crippen molar-refractivity contribution in [2.24, 2.45) is 0 Å². The van der Waals surface area contributed by atoms with E-state index in [2.05, 4.69) is 25.3 Å². The van der Waals surface area contributed by atoms with Crippen LogP contribution in [-0.4, -0.2) is 11.5 Å². The first-order valence-corrected chi connectivity index (χ1v) is 3.80. The van der Waals surface area contributed by atoms with Crippen LogP contribution in [0.4, 0.5) is 0 Å². The third-order valence-electron chi connectivity index (χ3n) is 0.959. The molecule has 4 heteroatoms. The highest BCUT2D eigenvalue weighted by atomic mass is 32.1. The molecule has 0 heterocycles. The summed E-state index contributed by atoms with van der Waals surface area (Å²) in [6.45, 7) is 0. The molecule has 0 unspecified atom stereocenters. The molecule has 52 valence electrons. The molecule has 0 bridgehead atoms. The van der Waals surface area contributed by atoms with Gasteiger partial charge in [-0.15, -0.1) is 0 Å². The van der Waals surface area contributed by atoms with E-state index in [0.29, 0.717) is 17.1 Å². The minimum atomic E-state index is 0.130. The van der Waals surface area contributed by atoms with Crippen LogP contribution in [0.1, 0.15) is 0 Å². The molecule has 0 saturated heterocycles. The SMILES string of the molecule is N#CC(C#N)=C(CS)CS. The van der Waals surface area contributed by atoms with Gasteiger partial charge < -0.3 is 0 Å². The number of hydrogen-bond acceptors (Lipinski definition) is 4. The van der Waals surface area contributed by atoms with Crippen molar-refractivity contribution in [2.75, 3.05) is 11.5 Å². The van der Waals surface area contributed by atoms with Gasteiger partial charge in [0.1, 0.15) is 17.7 Å². The molecule has 2 nitrogen and oxygen atoms in total. The van der Waals surface area contributed by atoms with E-state index < -0.39 is 0 Å². The molecule has 0 atom stereocenters. The van der Waals surface area contributed by atoms with Crippen LogP contribution in [0.15, 0.2) is 11.1 Å². The molecular formula is C6H6N2S2. The summed E-state index contributed by atoms with van der Waals surface area (Å²) in [7, 11) is 0. The lowest BCUT2D eigenvalue weighted by Gasteiger charge is -1.95. The third-order valence-corrected chi connectivity index (χ3v) is 1.72. The van der Waals surface area contributed by atoms with Gasteiger partial charge in [-0.2, -0.15) is 35.8 Å². The van der Waals surface area contributed by atoms with Gasteiger partial charge in [-0.25, -0.2) is 0 Å². The number of nitriles is 2. The second kappa shape index (κ2) is 5.22.